The fourth-order valence-corrected chi connectivity index (χ4v) is 4.40. The lowest BCUT2D eigenvalue weighted by atomic mass is 9.73. The van der Waals surface area contributed by atoms with Gasteiger partial charge in [-0.15, -0.1) is 11.3 Å². The van der Waals surface area contributed by atoms with Gasteiger partial charge in [0.25, 0.3) is 0 Å². The molecule has 3 nitrogen and oxygen atoms in total. The predicted octanol–water partition coefficient (Wildman–Crippen LogP) is 3.16. The minimum absolute atomic E-state index is 0.226. The first-order chi connectivity index (χ1) is 9.82. The van der Waals surface area contributed by atoms with Crippen LogP contribution in [0.2, 0.25) is 0 Å². The van der Waals surface area contributed by atoms with E-state index in [0.29, 0.717) is 6.10 Å². The maximum atomic E-state index is 6.06. The molecule has 3 heterocycles. The van der Waals surface area contributed by atoms with Gasteiger partial charge in [-0.05, 0) is 37.6 Å². The molecule has 1 aromatic heterocycles. The SMILES string of the molecule is CCOC[C@@]12CCCO[C@H]1CCN(Cc1cccs1)C2. The van der Waals surface area contributed by atoms with Crippen LogP contribution >= 0.6 is 11.3 Å². The predicted molar refractivity (Wildman–Crippen MR) is 82.1 cm³/mol. The normalized spacial score (nSPS) is 31.1. The van der Waals surface area contributed by atoms with Crippen molar-refractivity contribution in [3.05, 3.63) is 22.4 Å². The molecule has 3 rings (SSSR count). The molecule has 0 N–H and O–H groups in total. The Labute approximate surface area is 125 Å². The summed E-state index contributed by atoms with van der Waals surface area (Å²) in [6.45, 7) is 8.03. The molecular formula is C16H25NO2S. The van der Waals surface area contributed by atoms with Crippen LogP contribution in [-0.4, -0.2) is 43.9 Å². The van der Waals surface area contributed by atoms with Gasteiger partial charge in [0.15, 0.2) is 0 Å². The van der Waals surface area contributed by atoms with Gasteiger partial charge < -0.3 is 9.47 Å². The Bertz CT molecular complexity index is 409. The highest BCUT2D eigenvalue weighted by Crippen LogP contribution is 2.40. The van der Waals surface area contributed by atoms with Crippen LogP contribution in [0.5, 0.6) is 0 Å². The third-order valence-corrected chi connectivity index (χ3v) is 5.48. The molecule has 0 aliphatic carbocycles. The third kappa shape index (κ3) is 3.08. The van der Waals surface area contributed by atoms with Crippen molar-refractivity contribution in [3.8, 4) is 0 Å². The molecule has 0 amide bonds. The number of likely N-dealkylation sites (tertiary alicyclic amines) is 1. The molecule has 2 saturated heterocycles. The fraction of sp³-hybridized carbons (Fsp3) is 0.750. The molecule has 0 radical (unpaired) electrons. The van der Waals surface area contributed by atoms with E-state index in [1.54, 1.807) is 0 Å². The Morgan fingerprint density at radius 1 is 1.55 bits per heavy atom. The lowest BCUT2D eigenvalue weighted by Crippen LogP contribution is -2.56. The fourth-order valence-electron chi connectivity index (χ4n) is 3.66. The monoisotopic (exact) mass is 295 g/mol. The Balaban J connectivity index is 1.68. The van der Waals surface area contributed by atoms with E-state index in [0.717, 1.165) is 45.9 Å². The quantitative estimate of drug-likeness (QED) is 0.833. The second-order valence-electron chi connectivity index (χ2n) is 6.04. The highest BCUT2D eigenvalue weighted by Gasteiger charge is 2.45. The molecule has 0 saturated carbocycles. The Hall–Kier alpha value is -0.420. The number of piperidine rings is 1. The van der Waals surface area contributed by atoms with Crippen molar-refractivity contribution >= 4 is 11.3 Å². The first-order valence-corrected chi connectivity index (χ1v) is 8.64. The Kier molecular flexibility index (Phi) is 4.76. The highest BCUT2D eigenvalue weighted by molar-refractivity contribution is 7.09. The number of fused-ring (bicyclic) bond motifs is 1. The Morgan fingerprint density at radius 3 is 3.30 bits per heavy atom. The van der Waals surface area contributed by atoms with E-state index in [2.05, 4.69) is 29.3 Å². The van der Waals surface area contributed by atoms with Crippen molar-refractivity contribution in [1.29, 1.82) is 0 Å². The molecule has 20 heavy (non-hydrogen) atoms. The van der Waals surface area contributed by atoms with E-state index in [9.17, 15) is 0 Å². The maximum Gasteiger partial charge on any atom is 0.0677 e. The summed E-state index contributed by atoms with van der Waals surface area (Å²) in [5.74, 6) is 0. The van der Waals surface area contributed by atoms with Gasteiger partial charge in [-0.25, -0.2) is 0 Å². The van der Waals surface area contributed by atoms with Gasteiger partial charge >= 0.3 is 0 Å². The zero-order valence-electron chi connectivity index (χ0n) is 12.3. The summed E-state index contributed by atoms with van der Waals surface area (Å²) in [5, 5.41) is 2.17. The van der Waals surface area contributed by atoms with Gasteiger partial charge in [0.05, 0.1) is 12.7 Å². The molecule has 1 aromatic rings. The van der Waals surface area contributed by atoms with E-state index in [1.807, 2.05) is 11.3 Å². The van der Waals surface area contributed by atoms with Crippen LogP contribution in [0.1, 0.15) is 31.1 Å². The topological polar surface area (TPSA) is 21.7 Å². The van der Waals surface area contributed by atoms with Crippen LogP contribution in [0.25, 0.3) is 0 Å². The molecule has 112 valence electrons. The summed E-state index contributed by atoms with van der Waals surface area (Å²) in [7, 11) is 0. The van der Waals surface area contributed by atoms with E-state index < -0.39 is 0 Å². The maximum absolute atomic E-state index is 6.06. The van der Waals surface area contributed by atoms with Crippen molar-refractivity contribution < 1.29 is 9.47 Å². The second kappa shape index (κ2) is 6.56. The standard InChI is InChI=1S/C16H25NO2S/c1-2-18-13-16-7-4-9-19-15(16)6-8-17(12-16)11-14-5-3-10-20-14/h3,5,10,15H,2,4,6-9,11-13H2,1H3/t15-,16-/m0/s1. The van der Waals surface area contributed by atoms with Crippen molar-refractivity contribution in [2.75, 3.05) is 32.9 Å². The van der Waals surface area contributed by atoms with Crippen LogP contribution < -0.4 is 0 Å². The third-order valence-electron chi connectivity index (χ3n) is 4.62. The smallest absolute Gasteiger partial charge is 0.0677 e. The van der Waals surface area contributed by atoms with Gasteiger partial charge in [-0.2, -0.15) is 0 Å². The number of nitrogens with zero attached hydrogens (tertiary/aromatic N) is 1. The van der Waals surface area contributed by atoms with Crippen molar-refractivity contribution in [2.45, 2.75) is 38.8 Å². The van der Waals surface area contributed by atoms with Gasteiger partial charge in [0.2, 0.25) is 0 Å². The van der Waals surface area contributed by atoms with Crippen LogP contribution in [0.3, 0.4) is 0 Å². The molecule has 2 fully saturated rings. The average molecular weight is 295 g/mol. The molecule has 4 heteroatoms. The number of hydrogen-bond acceptors (Lipinski definition) is 4. The summed E-state index contributed by atoms with van der Waals surface area (Å²) in [5.41, 5.74) is 0.226. The van der Waals surface area contributed by atoms with E-state index in [1.165, 1.54) is 17.7 Å². The molecular weight excluding hydrogens is 270 g/mol. The minimum Gasteiger partial charge on any atom is -0.381 e. The molecule has 0 spiro atoms. The van der Waals surface area contributed by atoms with Crippen molar-refractivity contribution in [2.24, 2.45) is 5.41 Å². The van der Waals surface area contributed by atoms with E-state index in [4.69, 9.17) is 9.47 Å². The number of ether oxygens (including phenoxy) is 2. The number of rotatable bonds is 5. The molecule has 2 aliphatic heterocycles. The zero-order valence-corrected chi connectivity index (χ0v) is 13.2. The van der Waals surface area contributed by atoms with Crippen LogP contribution in [0.15, 0.2) is 17.5 Å². The summed E-state index contributed by atoms with van der Waals surface area (Å²) in [6.07, 6.45) is 3.98. The van der Waals surface area contributed by atoms with Crippen LogP contribution in [0, 0.1) is 5.41 Å². The summed E-state index contributed by atoms with van der Waals surface area (Å²) >= 11 is 1.86. The minimum atomic E-state index is 0.226. The lowest BCUT2D eigenvalue weighted by Gasteiger charge is -2.50. The van der Waals surface area contributed by atoms with Crippen LogP contribution in [0.4, 0.5) is 0 Å². The highest BCUT2D eigenvalue weighted by atomic mass is 32.1. The molecule has 0 aromatic carbocycles. The van der Waals surface area contributed by atoms with Gasteiger partial charge in [0, 0.05) is 43.1 Å². The first-order valence-electron chi connectivity index (χ1n) is 7.76. The number of hydrogen-bond donors (Lipinski definition) is 0. The van der Waals surface area contributed by atoms with E-state index in [-0.39, 0.29) is 5.41 Å². The molecule has 0 bridgehead atoms. The largest absolute Gasteiger partial charge is 0.381 e. The molecule has 2 aliphatic rings. The Morgan fingerprint density at radius 2 is 2.50 bits per heavy atom. The zero-order chi connectivity index (χ0) is 13.8. The van der Waals surface area contributed by atoms with Crippen molar-refractivity contribution in [1.82, 2.24) is 4.90 Å². The number of thiophene rings is 1. The van der Waals surface area contributed by atoms with E-state index >= 15 is 0 Å². The van der Waals surface area contributed by atoms with Crippen molar-refractivity contribution in [3.63, 3.8) is 0 Å². The first kappa shape index (κ1) is 14.5. The summed E-state index contributed by atoms with van der Waals surface area (Å²) < 4.78 is 11.9. The second-order valence-corrected chi connectivity index (χ2v) is 7.07. The molecule has 0 unspecified atom stereocenters. The van der Waals surface area contributed by atoms with Crippen LogP contribution in [-0.2, 0) is 16.0 Å². The molecule has 2 atom stereocenters. The summed E-state index contributed by atoms with van der Waals surface area (Å²) in [6, 6.07) is 4.38. The van der Waals surface area contributed by atoms with Gasteiger partial charge in [-0.3, -0.25) is 4.90 Å². The van der Waals surface area contributed by atoms with Gasteiger partial charge in [0.1, 0.15) is 0 Å². The average Bonchev–Trinajstić information content (AvgIpc) is 2.98. The van der Waals surface area contributed by atoms with Gasteiger partial charge in [-0.1, -0.05) is 6.07 Å². The summed E-state index contributed by atoms with van der Waals surface area (Å²) in [4.78, 5) is 4.06. The lowest BCUT2D eigenvalue weighted by molar-refractivity contribution is -0.153.